The maximum absolute atomic E-state index is 11.9. The second kappa shape index (κ2) is 8.74. The minimum atomic E-state index is -0.286. The summed E-state index contributed by atoms with van der Waals surface area (Å²) < 4.78 is 16.1. The molecule has 2 N–H and O–H groups in total. The Kier molecular flexibility index (Phi) is 7.31. The van der Waals surface area contributed by atoms with Crippen LogP contribution in [0, 0.1) is 0 Å². The van der Waals surface area contributed by atoms with Crippen molar-refractivity contribution in [3.8, 4) is 11.5 Å². The third-order valence-corrected chi connectivity index (χ3v) is 3.51. The molecule has 0 aliphatic rings. The van der Waals surface area contributed by atoms with Gasteiger partial charge in [-0.15, -0.1) is 0 Å². The van der Waals surface area contributed by atoms with Gasteiger partial charge in [0.05, 0.1) is 19.9 Å². The van der Waals surface area contributed by atoms with Gasteiger partial charge in [0.15, 0.2) is 11.5 Å². The Hall–Kier alpha value is -1.47. The molecule has 1 atom stereocenters. The van der Waals surface area contributed by atoms with Crippen molar-refractivity contribution in [2.24, 2.45) is 0 Å². The number of halogens is 1. The zero-order valence-corrected chi connectivity index (χ0v) is 14.2. The van der Waals surface area contributed by atoms with Crippen LogP contribution < -0.4 is 20.1 Å². The maximum atomic E-state index is 11.9. The third kappa shape index (κ3) is 5.43. The zero-order valence-electron chi connectivity index (χ0n) is 12.7. The van der Waals surface area contributed by atoms with Gasteiger partial charge >= 0.3 is 6.03 Å². The Balaban J connectivity index is 2.71. The van der Waals surface area contributed by atoms with Crippen LogP contribution in [0.4, 0.5) is 10.5 Å². The van der Waals surface area contributed by atoms with E-state index in [0.717, 1.165) is 6.42 Å². The number of benzene rings is 1. The first-order valence-corrected chi connectivity index (χ1v) is 7.29. The van der Waals surface area contributed by atoms with Crippen molar-refractivity contribution in [3.63, 3.8) is 0 Å². The minimum Gasteiger partial charge on any atom is -0.493 e. The number of nitrogens with one attached hydrogen (secondary N) is 2. The van der Waals surface area contributed by atoms with E-state index in [9.17, 15) is 4.79 Å². The quantitative estimate of drug-likeness (QED) is 0.784. The second-order valence-electron chi connectivity index (χ2n) is 4.47. The number of carbonyl (C=O) groups is 1. The number of anilines is 1. The number of methoxy groups -OCH3 is 3. The molecule has 0 heterocycles. The van der Waals surface area contributed by atoms with E-state index in [1.54, 1.807) is 33.5 Å². The Morgan fingerprint density at radius 1 is 1.24 bits per heavy atom. The van der Waals surface area contributed by atoms with Crippen molar-refractivity contribution in [2.75, 3.05) is 33.3 Å². The molecule has 6 nitrogen and oxygen atoms in total. The summed E-state index contributed by atoms with van der Waals surface area (Å²) in [5.41, 5.74) is 0.601. The summed E-state index contributed by atoms with van der Waals surface area (Å²) >= 11 is 3.39. The van der Waals surface area contributed by atoms with Crippen LogP contribution in [0.15, 0.2) is 16.6 Å². The van der Waals surface area contributed by atoms with Crippen LogP contribution in [-0.4, -0.2) is 40.0 Å². The summed E-state index contributed by atoms with van der Waals surface area (Å²) in [6.07, 6.45) is 0.747. The molecule has 0 aromatic heterocycles. The molecule has 0 radical (unpaired) electrons. The maximum Gasteiger partial charge on any atom is 0.319 e. The molecule has 118 valence electrons. The Morgan fingerprint density at radius 3 is 2.43 bits per heavy atom. The highest BCUT2D eigenvalue weighted by atomic mass is 79.9. The summed E-state index contributed by atoms with van der Waals surface area (Å²) in [6.45, 7) is 2.52. The van der Waals surface area contributed by atoms with Crippen LogP contribution in [0.5, 0.6) is 11.5 Å². The Morgan fingerprint density at radius 2 is 1.86 bits per heavy atom. The summed E-state index contributed by atoms with van der Waals surface area (Å²) in [5.74, 6) is 1.13. The van der Waals surface area contributed by atoms with Gasteiger partial charge in [0.1, 0.15) is 0 Å². The largest absolute Gasteiger partial charge is 0.493 e. The zero-order chi connectivity index (χ0) is 15.8. The lowest BCUT2D eigenvalue weighted by Gasteiger charge is -2.16. The van der Waals surface area contributed by atoms with Gasteiger partial charge in [-0.2, -0.15) is 0 Å². The number of amides is 2. The van der Waals surface area contributed by atoms with Gasteiger partial charge < -0.3 is 24.8 Å². The second-order valence-corrected chi connectivity index (χ2v) is 5.32. The summed E-state index contributed by atoms with van der Waals surface area (Å²) in [6, 6.07) is 3.17. The van der Waals surface area contributed by atoms with E-state index in [4.69, 9.17) is 14.2 Å². The average Bonchev–Trinajstić information content (AvgIpc) is 2.46. The van der Waals surface area contributed by atoms with E-state index in [-0.39, 0.29) is 12.1 Å². The van der Waals surface area contributed by atoms with Gasteiger partial charge in [-0.3, -0.25) is 0 Å². The molecule has 21 heavy (non-hydrogen) atoms. The molecule has 1 rings (SSSR count). The normalized spacial score (nSPS) is 11.7. The van der Waals surface area contributed by atoms with E-state index < -0.39 is 0 Å². The molecule has 0 saturated carbocycles. The standard InChI is InChI=1S/C14H21BrN2O4/c1-9(5-6-19-2)16-14(18)17-11-8-13(21-4)12(20-3)7-10(11)15/h7-9H,5-6H2,1-4H3,(H2,16,17,18). The Bertz CT molecular complexity index is 482. The van der Waals surface area contributed by atoms with Crippen LogP contribution in [0.3, 0.4) is 0 Å². The van der Waals surface area contributed by atoms with Crippen LogP contribution >= 0.6 is 15.9 Å². The van der Waals surface area contributed by atoms with Crippen LogP contribution in [-0.2, 0) is 4.74 Å². The fraction of sp³-hybridized carbons (Fsp3) is 0.500. The number of ether oxygens (including phenoxy) is 3. The van der Waals surface area contributed by atoms with Gasteiger partial charge in [0.2, 0.25) is 0 Å². The lowest BCUT2D eigenvalue weighted by atomic mass is 10.2. The van der Waals surface area contributed by atoms with Crippen molar-refractivity contribution >= 4 is 27.6 Å². The van der Waals surface area contributed by atoms with E-state index in [1.165, 1.54) is 0 Å². The van der Waals surface area contributed by atoms with Gasteiger partial charge in [-0.05, 0) is 29.3 Å². The van der Waals surface area contributed by atoms with Crippen molar-refractivity contribution < 1.29 is 19.0 Å². The van der Waals surface area contributed by atoms with Crippen molar-refractivity contribution in [1.29, 1.82) is 0 Å². The van der Waals surface area contributed by atoms with Crippen LogP contribution in [0.2, 0.25) is 0 Å². The molecule has 0 bridgehead atoms. The average molecular weight is 361 g/mol. The van der Waals surface area contributed by atoms with Crippen LogP contribution in [0.25, 0.3) is 0 Å². The topological polar surface area (TPSA) is 68.8 Å². The monoisotopic (exact) mass is 360 g/mol. The van der Waals surface area contributed by atoms with Crippen molar-refractivity contribution in [2.45, 2.75) is 19.4 Å². The molecule has 0 fully saturated rings. The fourth-order valence-corrected chi connectivity index (χ4v) is 2.12. The highest BCUT2D eigenvalue weighted by Crippen LogP contribution is 2.36. The first-order chi connectivity index (χ1) is 10.0. The van der Waals surface area contributed by atoms with Crippen molar-refractivity contribution in [3.05, 3.63) is 16.6 Å². The highest BCUT2D eigenvalue weighted by molar-refractivity contribution is 9.10. The van der Waals surface area contributed by atoms with E-state index >= 15 is 0 Å². The lowest BCUT2D eigenvalue weighted by molar-refractivity contribution is 0.185. The molecular formula is C14H21BrN2O4. The predicted octanol–water partition coefficient (Wildman–Crippen LogP) is 3.01. The molecule has 2 amide bonds. The molecule has 1 aromatic carbocycles. The van der Waals surface area contributed by atoms with Gasteiger partial charge in [0, 0.05) is 36.4 Å². The Labute approximate surface area is 133 Å². The molecule has 7 heteroatoms. The number of carbonyl (C=O) groups excluding carboxylic acids is 1. The first-order valence-electron chi connectivity index (χ1n) is 6.49. The number of hydrogen-bond donors (Lipinski definition) is 2. The molecule has 1 aromatic rings. The molecular weight excluding hydrogens is 340 g/mol. The number of rotatable bonds is 7. The van der Waals surface area contributed by atoms with Gasteiger partial charge in [-0.1, -0.05) is 0 Å². The lowest BCUT2D eigenvalue weighted by Crippen LogP contribution is -2.36. The van der Waals surface area contributed by atoms with E-state index in [0.29, 0.717) is 28.3 Å². The predicted molar refractivity (Wildman–Crippen MR) is 85.4 cm³/mol. The summed E-state index contributed by atoms with van der Waals surface area (Å²) in [4.78, 5) is 11.9. The molecule has 1 unspecified atom stereocenters. The molecule has 0 saturated heterocycles. The third-order valence-electron chi connectivity index (χ3n) is 2.85. The highest BCUT2D eigenvalue weighted by Gasteiger charge is 2.13. The van der Waals surface area contributed by atoms with Gasteiger partial charge in [-0.25, -0.2) is 4.79 Å². The van der Waals surface area contributed by atoms with E-state index in [1.807, 2.05) is 6.92 Å². The van der Waals surface area contributed by atoms with Crippen LogP contribution in [0.1, 0.15) is 13.3 Å². The number of urea groups is 1. The van der Waals surface area contributed by atoms with Gasteiger partial charge in [0.25, 0.3) is 0 Å². The van der Waals surface area contributed by atoms with E-state index in [2.05, 4.69) is 26.6 Å². The smallest absolute Gasteiger partial charge is 0.319 e. The molecule has 0 spiro atoms. The SMILES string of the molecule is COCCC(C)NC(=O)Nc1cc(OC)c(OC)cc1Br. The van der Waals surface area contributed by atoms with Crippen molar-refractivity contribution in [1.82, 2.24) is 5.32 Å². The summed E-state index contributed by atoms with van der Waals surface area (Å²) in [7, 11) is 4.73. The first kappa shape index (κ1) is 17.6. The fourth-order valence-electron chi connectivity index (χ4n) is 1.70. The summed E-state index contributed by atoms with van der Waals surface area (Å²) in [5, 5.41) is 5.60. The number of hydrogen-bond acceptors (Lipinski definition) is 4. The minimum absolute atomic E-state index is 0.0175. The molecule has 0 aliphatic carbocycles. The molecule has 0 aliphatic heterocycles.